The molecule has 7 heteroatoms. The van der Waals surface area contributed by atoms with E-state index in [1.165, 1.54) is 35.4 Å². The fourth-order valence-corrected chi connectivity index (χ4v) is 6.65. The van der Waals surface area contributed by atoms with Crippen LogP contribution in [0.25, 0.3) is 0 Å². The first kappa shape index (κ1) is 23.7. The maximum absolute atomic E-state index is 13.3. The number of rotatable bonds is 8. The van der Waals surface area contributed by atoms with E-state index >= 15 is 0 Å². The van der Waals surface area contributed by atoms with Gasteiger partial charge >= 0.3 is 0 Å². The molecule has 1 aliphatic heterocycles. The van der Waals surface area contributed by atoms with Gasteiger partial charge in [-0.1, -0.05) is 6.42 Å². The van der Waals surface area contributed by atoms with Crippen molar-refractivity contribution < 1.29 is 9.59 Å². The molecule has 6 nitrogen and oxygen atoms in total. The molecule has 4 atom stereocenters. The second-order valence-electron chi connectivity index (χ2n) is 10.2. The van der Waals surface area contributed by atoms with E-state index < -0.39 is 0 Å². The highest BCUT2D eigenvalue weighted by Gasteiger charge is 2.41. The normalized spacial score (nSPS) is 28.7. The van der Waals surface area contributed by atoms with Crippen molar-refractivity contribution in [2.45, 2.75) is 89.9 Å². The highest BCUT2D eigenvalue weighted by atomic mass is 32.1. The number of nitrogens with two attached hydrogens (primary N) is 1. The first-order valence-corrected chi connectivity index (χ1v) is 13.3. The summed E-state index contributed by atoms with van der Waals surface area (Å²) < 4.78 is 0. The van der Waals surface area contributed by atoms with Crippen LogP contribution in [0.5, 0.6) is 0 Å². The van der Waals surface area contributed by atoms with E-state index in [0.29, 0.717) is 37.0 Å². The summed E-state index contributed by atoms with van der Waals surface area (Å²) in [5, 5.41) is 3.22. The van der Waals surface area contributed by atoms with E-state index in [2.05, 4.69) is 29.3 Å². The zero-order chi connectivity index (χ0) is 22.7. The molecule has 4 rings (SSSR count). The van der Waals surface area contributed by atoms with Crippen molar-refractivity contribution in [3.8, 4) is 0 Å². The number of nitrogens with zero attached hydrogens (tertiary/aromatic N) is 2. The Balaban J connectivity index is 1.39. The third kappa shape index (κ3) is 5.91. The summed E-state index contributed by atoms with van der Waals surface area (Å²) in [6, 6.07) is 5.06. The Hall–Kier alpha value is -1.44. The van der Waals surface area contributed by atoms with Crippen LogP contribution in [0.15, 0.2) is 12.1 Å². The lowest BCUT2D eigenvalue weighted by atomic mass is 9.81. The van der Waals surface area contributed by atoms with Crippen LogP contribution < -0.4 is 11.1 Å². The van der Waals surface area contributed by atoms with E-state index in [1.807, 2.05) is 11.3 Å². The van der Waals surface area contributed by atoms with Gasteiger partial charge in [0.2, 0.25) is 11.8 Å². The van der Waals surface area contributed by atoms with Gasteiger partial charge < -0.3 is 16.0 Å². The number of hydrogen-bond donors (Lipinski definition) is 2. The molecule has 3 N–H and O–H groups in total. The van der Waals surface area contributed by atoms with Crippen molar-refractivity contribution in [1.29, 1.82) is 0 Å². The minimum atomic E-state index is -0.355. The largest absolute Gasteiger partial charge is 0.354 e. The number of thiophene rings is 1. The summed E-state index contributed by atoms with van der Waals surface area (Å²) in [4.78, 5) is 32.8. The van der Waals surface area contributed by atoms with E-state index in [-0.39, 0.29) is 17.9 Å². The first-order valence-electron chi connectivity index (χ1n) is 12.5. The summed E-state index contributed by atoms with van der Waals surface area (Å²) in [5.74, 6) is 1.14. The van der Waals surface area contributed by atoms with E-state index in [0.717, 1.165) is 38.8 Å². The van der Waals surface area contributed by atoms with E-state index in [1.54, 1.807) is 11.8 Å². The molecule has 178 valence electrons. The molecule has 2 aliphatic carbocycles. The van der Waals surface area contributed by atoms with Crippen molar-refractivity contribution >= 4 is 23.2 Å². The Morgan fingerprint density at radius 3 is 2.56 bits per heavy atom. The number of nitrogens with one attached hydrogen (secondary N) is 1. The lowest BCUT2D eigenvalue weighted by molar-refractivity contribution is -0.142. The molecule has 0 radical (unpaired) electrons. The van der Waals surface area contributed by atoms with Crippen LogP contribution in [0.4, 0.5) is 0 Å². The van der Waals surface area contributed by atoms with Gasteiger partial charge in [0.15, 0.2) is 0 Å². The Bertz CT molecular complexity index is 793. The Morgan fingerprint density at radius 1 is 1.12 bits per heavy atom. The van der Waals surface area contributed by atoms with Gasteiger partial charge in [-0.05, 0) is 82.4 Å². The summed E-state index contributed by atoms with van der Waals surface area (Å²) in [7, 11) is 0. The van der Waals surface area contributed by atoms with Gasteiger partial charge in [-0.25, -0.2) is 0 Å². The summed E-state index contributed by atoms with van der Waals surface area (Å²) in [6.07, 6.45) is 8.87. The quantitative estimate of drug-likeness (QED) is 0.624. The van der Waals surface area contributed by atoms with Gasteiger partial charge in [-0.3, -0.25) is 14.5 Å². The molecule has 0 bridgehead atoms. The standard InChI is InChI=1S/C25H40N4O2S/c1-17-6-9-23(32-17)16-29(21-7-8-21)22-10-11-28(18(2)30)24(13-22)25(31)27-15-20-5-3-4-19(12-20)14-26/h6,9,19-22,24H,3-5,7-8,10-16,26H2,1-2H3,(H,27,31)/t19?,20?,22?,24-/m1/s1. The van der Waals surface area contributed by atoms with Crippen LogP contribution in [-0.2, 0) is 16.1 Å². The molecule has 1 aromatic heterocycles. The van der Waals surface area contributed by atoms with Crippen LogP contribution in [0.2, 0.25) is 0 Å². The number of aryl methyl sites for hydroxylation is 1. The molecule has 3 fully saturated rings. The molecule has 1 saturated heterocycles. The molecule has 3 aliphatic rings. The lowest BCUT2D eigenvalue weighted by Crippen LogP contribution is -2.57. The lowest BCUT2D eigenvalue weighted by Gasteiger charge is -2.43. The summed E-state index contributed by atoms with van der Waals surface area (Å²) in [6.45, 7) is 6.84. The van der Waals surface area contributed by atoms with Gasteiger partial charge in [0, 0.05) is 48.4 Å². The topological polar surface area (TPSA) is 78.7 Å². The van der Waals surface area contributed by atoms with Crippen molar-refractivity contribution in [1.82, 2.24) is 15.1 Å². The summed E-state index contributed by atoms with van der Waals surface area (Å²) in [5.41, 5.74) is 5.88. The van der Waals surface area contributed by atoms with Crippen molar-refractivity contribution in [3.05, 3.63) is 21.9 Å². The Labute approximate surface area is 196 Å². The van der Waals surface area contributed by atoms with Crippen LogP contribution in [0.1, 0.15) is 68.0 Å². The zero-order valence-corrected chi connectivity index (χ0v) is 20.5. The van der Waals surface area contributed by atoms with E-state index in [9.17, 15) is 9.59 Å². The second-order valence-corrected chi connectivity index (χ2v) is 11.6. The highest BCUT2D eigenvalue weighted by molar-refractivity contribution is 7.11. The van der Waals surface area contributed by atoms with Crippen LogP contribution >= 0.6 is 11.3 Å². The molecule has 32 heavy (non-hydrogen) atoms. The van der Waals surface area contributed by atoms with Gasteiger partial charge in [0.1, 0.15) is 6.04 Å². The number of amides is 2. The number of likely N-dealkylation sites (tertiary alicyclic amines) is 1. The third-order valence-corrected chi connectivity index (χ3v) is 8.68. The average molecular weight is 461 g/mol. The zero-order valence-electron chi connectivity index (χ0n) is 19.7. The van der Waals surface area contributed by atoms with Crippen molar-refractivity contribution in [3.63, 3.8) is 0 Å². The maximum Gasteiger partial charge on any atom is 0.242 e. The molecular formula is C25H40N4O2S. The molecular weight excluding hydrogens is 420 g/mol. The Kier molecular flexibility index (Phi) is 7.90. The molecule has 1 aromatic rings. The molecule has 3 unspecified atom stereocenters. The molecule has 2 amide bonds. The minimum absolute atomic E-state index is 0.0105. The van der Waals surface area contributed by atoms with Gasteiger partial charge in [-0.15, -0.1) is 11.3 Å². The van der Waals surface area contributed by atoms with Gasteiger partial charge in [-0.2, -0.15) is 0 Å². The molecule has 0 aromatic carbocycles. The van der Waals surface area contributed by atoms with Crippen LogP contribution in [-0.4, -0.2) is 59.4 Å². The van der Waals surface area contributed by atoms with Crippen LogP contribution in [0, 0.1) is 18.8 Å². The monoisotopic (exact) mass is 460 g/mol. The molecule has 2 saturated carbocycles. The minimum Gasteiger partial charge on any atom is -0.354 e. The predicted molar refractivity (Wildman–Crippen MR) is 129 cm³/mol. The third-order valence-electron chi connectivity index (χ3n) is 7.69. The maximum atomic E-state index is 13.3. The SMILES string of the molecule is CC(=O)N1CCC(N(Cc2ccc(C)s2)C2CC2)C[C@@H]1C(=O)NCC1CCCC(CN)C1. The molecule has 0 spiro atoms. The van der Waals surface area contributed by atoms with Crippen LogP contribution in [0.3, 0.4) is 0 Å². The second kappa shape index (κ2) is 10.7. The predicted octanol–water partition coefficient (Wildman–Crippen LogP) is 3.28. The number of piperidine rings is 1. The number of carbonyl (C=O) groups is 2. The number of hydrogen-bond acceptors (Lipinski definition) is 5. The number of carbonyl (C=O) groups excluding carboxylic acids is 2. The average Bonchev–Trinajstić information content (AvgIpc) is 3.56. The first-order chi connectivity index (χ1) is 15.4. The molecule has 2 heterocycles. The van der Waals surface area contributed by atoms with E-state index in [4.69, 9.17) is 5.73 Å². The van der Waals surface area contributed by atoms with Crippen molar-refractivity contribution in [2.24, 2.45) is 17.6 Å². The smallest absolute Gasteiger partial charge is 0.242 e. The summed E-state index contributed by atoms with van der Waals surface area (Å²) >= 11 is 1.87. The van der Waals surface area contributed by atoms with Gasteiger partial charge in [0.25, 0.3) is 0 Å². The van der Waals surface area contributed by atoms with Gasteiger partial charge in [0.05, 0.1) is 0 Å². The fraction of sp³-hybridized carbons (Fsp3) is 0.760. The fourth-order valence-electron chi connectivity index (χ4n) is 5.75. The highest BCUT2D eigenvalue weighted by Crippen LogP contribution is 2.35. The Morgan fingerprint density at radius 2 is 1.91 bits per heavy atom. The van der Waals surface area contributed by atoms with Crippen molar-refractivity contribution in [2.75, 3.05) is 19.6 Å².